The summed E-state index contributed by atoms with van der Waals surface area (Å²) in [5.41, 5.74) is 1.09. The highest BCUT2D eigenvalue weighted by Gasteiger charge is 2.26. The van der Waals surface area contributed by atoms with Crippen LogP contribution in [-0.4, -0.2) is 67.1 Å². The Hall–Kier alpha value is -0.970. The largest absolute Gasteiger partial charge is 0.304 e. The minimum Gasteiger partial charge on any atom is -0.304 e. The summed E-state index contributed by atoms with van der Waals surface area (Å²) in [5.74, 6) is -0.125. The van der Waals surface area contributed by atoms with Gasteiger partial charge in [-0.2, -0.15) is 0 Å². The van der Waals surface area contributed by atoms with Gasteiger partial charge in [0.2, 0.25) is 0 Å². The van der Waals surface area contributed by atoms with Crippen LogP contribution in [0.1, 0.15) is 18.4 Å². The predicted molar refractivity (Wildman–Crippen MR) is 83.8 cm³/mol. The summed E-state index contributed by atoms with van der Waals surface area (Å²) in [6.07, 6.45) is 2.50. The van der Waals surface area contributed by atoms with Crippen molar-refractivity contribution in [2.75, 3.05) is 46.3 Å². The fourth-order valence-corrected chi connectivity index (χ4v) is 3.52. The quantitative estimate of drug-likeness (QED) is 0.844. The van der Waals surface area contributed by atoms with E-state index in [1.165, 1.54) is 45.1 Å². The van der Waals surface area contributed by atoms with Gasteiger partial charge in [0.25, 0.3) is 0 Å². The number of piperidine rings is 1. The van der Waals surface area contributed by atoms with Gasteiger partial charge in [0, 0.05) is 38.8 Å². The van der Waals surface area contributed by atoms with Crippen molar-refractivity contribution in [3.63, 3.8) is 0 Å². The highest BCUT2D eigenvalue weighted by atomic mass is 19.1. The number of rotatable bonds is 3. The highest BCUT2D eigenvalue weighted by Crippen LogP contribution is 2.19. The molecule has 1 aromatic carbocycles. The lowest BCUT2D eigenvalue weighted by atomic mass is 10.0. The number of hydrogen-bond donors (Lipinski definition) is 0. The van der Waals surface area contributed by atoms with Crippen LogP contribution >= 0.6 is 0 Å². The Morgan fingerprint density at radius 3 is 2.43 bits per heavy atom. The maximum absolute atomic E-state index is 13.2. The van der Waals surface area contributed by atoms with Gasteiger partial charge in [-0.1, -0.05) is 12.1 Å². The molecule has 0 saturated carbocycles. The number of likely N-dealkylation sites (N-methyl/N-ethyl adjacent to an activating group) is 1. The van der Waals surface area contributed by atoms with E-state index in [1.807, 2.05) is 12.1 Å². The first-order valence-electron chi connectivity index (χ1n) is 8.10. The Kier molecular flexibility index (Phi) is 4.88. The van der Waals surface area contributed by atoms with E-state index in [0.717, 1.165) is 31.2 Å². The molecule has 0 amide bonds. The molecule has 3 nitrogen and oxygen atoms in total. The van der Waals surface area contributed by atoms with Gasteiger partial charge in [-0.05, 0) is 50.7 Å². The van der Waals surface area contributed by atoms with Crippen molar-refractivity contribution in [3.05, 3.63) is 35.6 Å². The third-order valence-corrected chi connectivity index (χ3v) is 4.91. The summed E-state index contributed by atoms with van der Waals surface area (Å²) in [4.78, 5) is 7.54. The molecule has 0 bridgehead atoms. The van der Waals surface area contributed by atoms with Gasteiger partial charge in [0.1, 0.15) is 5.82 Å². The average molecular weight is 291 g/mol. The molecule has 4 heteroatoms. The van der Waals surface area contributed by atoms with E-state index in [1.54, 1.807) is 6.07 Å². The number of benzene rings is 1. The van der Waals surface area contributed by atoms with E-state index in [4.69, 9.17) is 0 Å². The van der Waals surface area contributed by atoms with Crippen molar-refractivity contribution in [1.82, 2.24) is 14.7 Å². The summed E-state index contributed by atoms with van der Waals surface area (Å²) < 4.78 is 13.2. The van der Waals surface area contributed by atoms with Crippen molar-refractivity contribution in [2.24, 2.45) is 0 Å². The maximum Gasteiger partial charge on any atom is 0.123 e. The monoisotopic (exact) mass is 291 g/mol. The van der Waals surface area contributed by atoms with Crippen LogP contribution < -0.4 is 0 Å². The van der Waals surface area contributed by atoms with E-state index < -0.39 is 0 Å². The van der Waals surface area contributed by atoms with Crippen LogP contribution in [0, 0.1) is 5.82 Å². The van der Waals surface area contributed by atoms with Gasteiger partial charge in [-0.25, -0.2) is 4.39 Å². The molecule has 21 heavy (non-hydrogen) atoms. The van der Waals surface area contributed by atoms with Crippen LogP contribution in [0.5, 0.6) is 0 Å². The molecular formula is C17H26FN3. The fraction of sp³-hybridized carbons (Fsp3) is 0.647. The molecule has 0 aliphatic carbocycles. The second-order valence-corrected chi connectivity index (χ2v) is 6.48. The Morgan fingerprint density at radius 1 is 1.05 bits per heavy atom. The van der Waals surface area contributed by atoms with Gasteiger partial charge in [-0.3, -0.25) is 9.80 Å². The third kappa shape index (κ3) is 4.02. The number of likely N-dealkylation sites (tertiary alicyclic amines) is 1. The topological polar surface area (TPSA) is 9.72 Å². The van der Waals surface area contributed by atoms with E-state index in [-0.39, 0.29) is 5.82 Å². The molecule has 116 valence electrons. The maximum atomic E-state index is 13.2. The van der Waals surface area contributed by atoms with Gasteiger partial charge in [-0.15, -0.1) is 0 Å². The SMILES string of the molecule is CN1CCN(C2CCN(Cc3cccc(F)c3)CC2)CC1. The summed E-state index contributed by atoms with van der Waals surface area (Å²) in [7, 11) is 2.21. The van der Waals surface area contributed by atoms with Crippen LogP contribution in [0.4, 0.5) is 4.39 Å². The fourth-order valence-electron chi connectivity index (χ4n) is 3.52. The lowest BCUT2D eigenvalue weighted by Gasteiger charge is -2.42. The smallest absolute Gasteiger partial charge is 0.123 e. The van der Waals surface area contributed by atoms with Crippen LogP contribution in [0.15, 0.2) is 24.3 Å². The highest BCUT2D eigenvalue weighted by molar-refractivity contribution is 5.16. The molecule has 0 atom stereocenters. The Labute approximate surface area is 127 Å². The van der Waals surface area contributed by atoms with Gasteiger partial charge in [0.15, 0.2) is 0 Å². The van der Waals surface area contributed by atoms with Gasteiger partial charge in [0.05, 0.1) is 0 Å². The zero-order valence-corrected chi connectivity index (χ0v) is 13.0. The van der Waals surface area contributed by atoms with Crippen molar-refractivity contribution in [2.45, 2.75) is 25.4 Å². The molecule has 0 N–H and O–H groups in total. The molecule has 0 spiro atoms. The second kappa shape index (κ2) is 6.86. The normalized spacial score (nSPS) is 23.5. The Balaban J connectivity index is 1.47. The first-order valence-corrected chi connectivity index (χ1v) is 8.10. The van der Waals surface area contributed by atoms with Crippen molar-refractivity contribution in [3.8, 4) is 0 Å². The van der Waals surface area contributed by atoms with Crippen LogP contribution in [-0.2, 0) is 6.54 Å². The lowest BCUT2D eigenvalue weighted by molar-refractivity contribution is 0.0657. The van der Waals surface area contributed by atoms with Crippen molar-refractivity contribution < 1.29 is 4.39 Å². The van der Waals surface area contributed by atoms with E-state index in [2.05, 4.69) is 21.7 Å². The molecule has 2 aliphatic heterocycles. The lowest BCUT2D eigenvalue weighted by Crippen LogP contribution is -2.52. The second-order valence-electron chi connectivity index (χ2n) is 6.48. The standard InChI is InChI=1S/C17H26FN3/c1-19-9-11-21(12-10-19)17-5-7-20(8-6-17)14-15-3-2-4-16(18)13-15/h2-4,13,17H,5-12,14H2,1H3. The van der Waals surface area contributed by atoms with Crippen LogP contribution in [0.25, 0.3) is 0 Å². The van der Waals surface area contributed by atoms with Crippen molar-refractivity contribution >= 4 is 0 Å². The molecule has 2 saturated heterocycles. The molecule has 3 rings (SSSR count). The van der Waals surface area contributed by atoms with Gasteiger partial charge >= 0.3 is 0 Å². The minimum atomic E-state index is -0.125. The molecule has 2 heterocycles. The van der Waals surface area contributed by atoms with Crippen molar-refractivity contribution in [1.29, 1.82) is 0 Å². The molecule has 0 radical (unpaired) electrons. The number of halogens is 1. The van der Waals surface area contributed by atoms with Gasteiger partial charge < -0.3 is 4.90 Å². The van der Waals surface area contributed by atoms with E-state index >= 15 is 0 Å². The first-order chi connectivity index (χ1) is 10.2. The zero-order valence-electron chi connectivity index (χ0n) is 13.0. The number of hydrogen-bond acceptors (Lipinski definition) is 3. The van der Waals surface area contributed by atoms with E-state index in [0.29, 0.717) is 0 Å². The molecule has 1 aromatic rings. The minimum absolute atomic E-state index is 0.125. The van der Waals surface area contributed by atoms with Crippen LogP contribution in [0.2, 0.25) is 0 Å². The third-order valence-electron chi connectivity index (χ3n) is 4.91. The molecular weight excluding hydrogens is 265 g/mol. The summed E-state index contributed by atoms with van der Waals surface area (Å²) in [5, 5.41) is 0. The predicted octanol–water partition coefficient (Wildman–Crippen LogP) is 2.04. The molecule has 0 aromatic heterocycles. The summed E-state index contributed by atoms with van der Waals surface area (Å²) >= 11 is 0. The summed E-state index contributed by atoms with van der Waals surface area (Å²) in [6.45, 7) is 7.97. The molecule has 2 aliphatic rings. The number of nitrogens with zero attached hydrogens (tertiary/aromatic N) is 3. The number of piperazine rings is 1. The Bertz CT molecular complexity index is 449. The molecule has 0 unspecified atom stereocenters. The average Bonchev–Trinajstić information content (AvgIpc) is 2.49. The van der Waals surface area contributed by atoms with E-state index in [9.17, 15) is 4.39 Å². The first kappa shape index (κ1) is 14.9. The Morgan fingerprint density at radius 2 is 1.76 bits per heavy atom. The van der Waals surface area contributed by atoms with Crippen LogP contribution in [0.3, 0.4) is 0 Å². The molecule has 2 fully saturated rings. The zero-order chi connectivity index (χ0) is 14.7. The summed E-state index contributed by atoms with van der Waals surface area (Å²) in [6, 6.07) is 7.76.